The van der Waals surface area contributed by atoms with Gasteiger partial charge in [-0.15, -0.1) is 0 Å². The number of allylic oxidation sites excluding steroid dienone is 1. The molecule has 1 aliphatic heterocycles. The van der Waals surface area contributed by atoms with Crippen molar-refractivity contribution in [3.05, 3.63) is 40.6 Å². The van der Waals surface area contributed by atoms with Gasteiger partial charge >= 0.3 is 15.6 Å². The van der Waals surface area contributed by atoms with E-state index in [1.165, 1.54) is 11.6 Å². The van der Waals surface area contributed by atoms with Gasteiger partial charge in [0.2, 0.25) is 0 Å². The average molecular weight is 403 g/mol. The minimum atomic E-state index is -5.62. The Balaban J connectivity index is 1.51. The number of hydrogen-bond donors (Lipinski definition) is 1. The molecule has 2 atom stereocenters. The summed E-state index contributed by atoms with van der Waals surface area (Å²) < 4.78 is 69.6. The molecule has 1 aromatic rings. The third-order valence-electron chi connectivity index (χ3n) is 5.63. The molecule has 4 rings (SSSR count). The molecule has 0 aromatic heterocycles. The quantitative estimate of drug-likeness (QED) is 0.619. The molecule has 1 saturated carbocycles. The van der Waals surface area contributed by atoms with E-state index in [0.29, 0.717) is 24.6 Å². The molecule has 148 valence electrons. The Bertz CT molecular complexity index is 873. The zero-order valence-corrected chi connectivity index (χ0v) is 15.3. The average Bonchev–Trinajstić information content (AvgIpc) is 3.23. The minimum absolute atomic E-state index is 0.0629. The topological polar surface area (TPSA) is 64.6 Å². The molecule has 27 heavy (non-hydrogen) atoms. The lowest BCUT2D eigenvalue weighted by Gasteiger charge is -2.22. The normalized spacial score (nSPS) is 28.3. The molecule has 1 N–H and O–H groups in total. The molecule has 1 heterocycles. The van der Waals surface area contributed by atoms with Gasteiger partial charge in [-0.3, -0.25) is 5.32 Å². The Morgan fingerprint density at radius 1 is 1.26 bits per heavy atom. The monoisotopic (exact) mass is 403 g/mol. The second-order valence-electron chi connectivity index (χ2n) is 7.44. The van der Waals surface area contributed by atoms with Crippen LogP contribution in [0.5, 0.6) is 0 Å². The van der Waals surface area contributed by atoms with Gasteiger partial charge in [0.05, 0.1) is 13.3 Å². The number of fused-ring (bicyclic) bond motifs is 1. The van der Waals surface area contributed by atoms with Crippen LogP contribution in [-0.2, 0) is 25.5 Å². The third kappa shape index (κ3) is 3.60. The van der Waals surface area contributed by atoms with Gasteiger partial charge in [-0.05, 0) is 54.4 Å². The molecule has 2 aliphatic carbocycles. The Labute approximate surface area is 155 Å². The lowest BCUT2D eigenvalue weighted by molar-refractivity contribution is -0.0522. The molecule has 5 nitrogen and oxygen atoms in total. The Kier molecular flexibility index (Phi) is 4.51. The van der Waals surface area contributed by atoms with E-state index < -0.39 is 15.6 Å². The Morgan fingerprint density at radius 2 is 2.07 bits per heavy atom. The number of ether oxygens (including phenoxy) is 1. The van der Waals surface area contributed by atoms with Crippen LogP contribution in [0, 0.1) is 0 Å². The maximum Gasteiger partial charge on any atom is 0.534 e. The summed E-state index contributed by atoms with van der Waals surface area (Å²) >= 11 is 0. The number of aryl methyl sites for hydroxylation is 1. The standard InChI is InChI=1S/C18H20F3NO4S/c19-18(20,21)27(23,24)26-16-4-3-12-7-13(1-2-14(12)8-16)15-5-6-17(9-15)10-25-11-22-17/h1-2,7-8,15,22H,3-6,9-11H2/t15-,17-/m1/s1. The SMILES string of the molecule is O=S(=O)(OC1=Cc2ccc([C@@H]3CC[C@]4(COCN4)C3)cc2CC1)C(F)(F)F. The summed E-state index contributed by atoms with van der Waals surface area (Å²) in [6.45, 7) is 1.32. The van der Waals surface area contributed by atoms with E-state index in [1.54, 1.807) is 0 Å². The smallest absolute Gasteiger partial charge is 0.381 e. The molecule has 0 bridgehead atoms. The van der Waals surface area contributed by atoms with Crippen LogP contribution < -0.4 is 5.32 Å². The number of rotatable bonds is 3. The summed E-state index contributed by atoms with van der Waals surface area (Å²) in [5.74, 6) is 0.233. The van der Waals surface area contributed by atoms with Crippen molar-refractivity contribution in [3.8, 4) is 0 Å². The maximum atomic E-state index is 12.5. The predicted octanol–water partition coefficient (Wildman–Crippen LogP) is 3.42. The van der Waals surface area contributed by atoms with Crippen LogP contribution in [-0.4, -0.2) is 32.8 Å². The van der Waals surface area contributed by atoms with Crippen LogP contribution in [0.1, 0.15) is 48.3 Å². The van der Waals surface area contributed by atoms with E-state index >= 15 is 0 Å². The Morgan fingerprint density at radius 3 is 2.78 bits per heavy atom. The minimum Gasteiger partial charge on any atom is -0.381 e. The van der Waals surface area contributed by atoms with Gasteiger partial charge in [0.1, 0.15) is 5.76 Å². The van der Waals surface area contributed by atoms with Gasteiger partial charge in [-0.25, -0.2) is 0 Å². The van der Waals surface area contributed by atoms with E-state index in [2.05, 4.69) is 15.6 Å². The second-order valence-corrected chi connectivity index (χ2v) is 8.98. The van der Waals surface area contributed by atoms with Crippen molar-refractivity contribution in [1.82, 2.24) is 5.32 Å². The zero-order valence-electron chi connectivity index (χ0n) is 14.5. The lowest BCUT2D eigenvalue weighted by Crippen LogP contribution is -2.39. The fraction of sp³-hybridized carbons (Fsp3) is 0.556. The molecule has 0 amide bonds. The third-order valence-corrected chi connectivity index (χ3v) is 6.63. The molecular formula is C18H20F3NO4S. The molecule has 1 aromatic carbocycles. The van der Waals surface area contributed by atoms with Crippen molar-refractivity contribution >= 4 is 16.2 Å². The van der Waals surface area contributed by atoms with Crippen LogP contribution in [0.4, 0.5) is 13.2 Å². The van der Waals surface area contributed by atoms with Crippen LogP contribution in [0.15, 0.2) is 24.0 Å². The van der Waals surface area contributed by atoms with Gasteiger partial charge in [-0.1, -0.05) is 18.2 Å². The van der Waals surface area contributed by atoms with Crippen molar-refractivity contribution in [1.29, 1.82) is 0 Å². The lowest BCUT2D eigenvalue weighted by atomic mass is 9.88. The van der Waals surface area contributed by atoms with Crippen molar-refractivity contribution < 1.29 is 30.5 Å². The fourth-order valence-corrected chi connectivity index (χ4v) is 4.71. The molecule has 1 spiro atoms. The van der Waals surface area contributed by atoms with Crippen molar-refractivity contribution in [2.45, 2.75) is 49.1 Å². The molecule has 9 heteroatoms. The first kappa shape index (κ1) is 18.8. The van der Waals surface area contributed by atoms with Gasteiger partial charge in [0.25, 0.3) is 0 Å². The van der Waals surface area contributed by atoms with Gasteiger partial charge in [-0.2, -0.15) is 21.6 Å². The van der Waals surface area contributed by atoms with Gasteiger partial charge < -0.3 is 8.92 Å². The van der Waals surface area contributed by atoms with Crippen molar-refractivity contribution in [2.75, 3.05) is 13.3 Å². The second kappa shape index (κ2) is 6.49. The number of benzene rings is 1. The summed E-state index contributed by atoms with van der Waals surface area (Å²) in [7, 11) is -5.62. The molecule has 0 unspecified atom stereocenters. The Hall–Kier alpha value is -1.58. The summed E-state index contributed by atoms with van der Waals surface area (Å²) in [4.78, 5) is 0. The largest absolute Gasteiger partial charge is 0.534 e. The highest BCUT2D eigenvalue weighted by Crippen LogP contribution is 2.43. The molecule has 1 saturated heterocycles. The van der Waals surface area contributed by atoms with E-state index in [-0.39, 0.29) is 17.7 Å². The highest BCUT2D eigenvalue weighted by atomic mass is 32.2. The number of nitrogens with one attached hydrogen (secondary N) is 1. The maximum absolute atomic E-state index is 12.5. The van der Waals surface area contributed by atoms with Crippen molar-refractivity contribution in [2.24, 2.45) is 0 Å². The highest BCUT2D eigenvalue weighted by molar-refractivity contribution is 7.87. The summed E-state index contributed by atoms with van der Waals surface area (Å²) in [6, 6.07) is 5.88. The first-order valence-corrected chi connectivity index (χ1v) is 10.3. The number of hydrogen-bond acceptors (Lipinski definition) is 5. The van der Waals surface area contributed by atoms with E-state index in [1.807, 2.05) is 12.1 Å². The first-order chi connectivity index (χ1) is 12.7. The molecule has 0 radical (unpaired) electrons. The van der Waals surface area contributed by atoms with E-state index in [4.69, 9.17) is 4.74 Å². The predicted molar refractivity (Wildman–Crippen MR) is 92.1 cm³/mol. The first-order valence-electron chi connectivity index (χ1n) is 8.84. The van der Waals surface area contributed by atoms with E-state index in [0.717, 1.165) is 31.4 Å². The van der Waals surface area contributed by atoms with Gasteiger partial charge in [0.15, 0.2) is 0 Å². The molecular weight excluding hydrogens is 383 g/mol. The zero-order chi connectivity index (χ0) is 19.3. The summed E-state index contributed by atoms with van der Waals surface area (Å²) in [5.41, 5.74) is -2.45. The number of alkyl halides is 3. The summed E-state index contributed by atoms with van der Waals surface area (Å²) in [6.07, 6.45) is 5.07. The van der Waals surface area contributed by atoms with Gasteiger partial charge in [0, 0.05) is 12.0 Å². The molecule has 3 aliphatic rings. The number of halogens is 3. The van der Waals surface area contributed by atoms with Crippen LogP contribution >= 0.6 is 0 Å². The fourth-order valence-electron chi connectivity index (χ4n) is 4.20. The highest BCUT2D eigenvalue weighted by Gasteiger charge is 2.49. The molecule has 2 fully saturated rings. The van der Waals surface area contributed by atoms with Crippen LogP contribution in [0.3, 0.4) is 0 Å². The van der Waals surface area contributed by atoms with Crippen molar-refractivity contribution in [3.63, 3.8) is 0 Å². The van der Waals surface area contributed by atoms with E-state index in [9.17, 15) is 21.6 Å². The summed E-state index contributed by atoms with van der Waals surface area (Å²) in [5, 5.41) is 3.44. The van der Waals surface area contributed by atoms with Crippen LogP contribution in [0.2, 0.25) is 0 Å². The van der Waals surface area contributed by atoms with Crippen LogP contribution in [0.25, 0.3) is 6.08 Å².